The molecule has 0 radical (unpaired) electrons. The van der Waals surface area contributed by atoms with Crippen LogP contribution in [0.2, 0.25) is 0 Å². The van der Waals surface area contributed by atoms with Crippen LogP contribution in [0.3, 0.4) is 0 Å². The molecule has 0 heterocycles. The summed E-state index contributed by atoms with van der Waals surface area (Å²) in [6.45, 7) is 7.06. The fourth-order valence-corrected chi connectivity index (χ4v) is 2.11. The average molecular weight is 261 g/mol. The number of rotatable bonds is 5. The number of benzene rings is 1. The summed E-state index contributed by atoms with van der Waals surface area (Å²) in [7, 11) is 3.89. The molecule has 1 aromatic rings. The van der Waals surface area contributed by atoms with Crippen molar-refractivity contribution in [2.75, 3.05) is 19.0 Å². The molecule has 1 aromatic carbocycles. The zero-order valence-electron chi connectivity index (χ0n) is 12.7. The van der Waals surface area contributed by atoms with E-state index in [1.54, 1.807) is 26.0 Å². The predicted octanol–water partition coefficient (Wildman–Crippen LogP) is 3.19. The first-order valence-corrected chi connectivity index (χ1v) is 6.54. The molecule has 3 nitrogen and oxygen atoms in total. The van der Waals surface area contributed by atoms with Gasteiger partial charge in [-0.15, -0.1) is 0 Å². The van der Waals surface area contributed by atoms with Gasteiger partial charge in [0.2, 0.25) is 0 Å². The summed E-state index contributed by atoms with van der Waals surface area (Å²) in [4.78, 5) is 26.6. The molecule has 0 aliphatic heterocycles. The smallest absolute Gasteiger partial charge is 0.175 e. The van der Waals surface area contributed by atoms with Crippen LogP contribution in [0, 0.1) is 11.3 Å². The van der Waals surface area contributed by atoms with Crippen molar-refractivity contribution in [2.24, 2.45) is 11.3 Å². The van der Waals surface area contributed by atoms with Crippen LogP contribution in [0.15, 0.2) is 24.3 Å². The maximum Gasteiger partial charge on any atom is 0.175 e. The number of carbonyl (C=O) groups excluding carboxylic acids is 2. The van der Waals surface area contributed by atoms with E-state index in [4.69, 9.17) is 0 Å². The summed E-state index contributed by atoms with van der Waals surface area (Å²) < 4.78 is 0. The minimum absolute atomic E-state index is 0.0193. The molecule has 0 bridgehead atoms. The third kappa shape index (κ3) is 3.22. The molecule has 0 N–H and O–H groups in total. The van der Waals surface area contributed by atoms with E-state index in [9.17, 15) is 9.59 Å². The zero-order valence-corrected chi connectivity index (χ0v) is 12.7. The molecule has 3 heteroatoms. The Morgan fingerprint density at radius 2 is 1.53 bits per heavy atom. The first-order valence-electron chi connectivity index (χ1n) is 6.54. The lowest BCUT2D eigenvalue weighted by Gasteiger charge is -2.24. The molecule has 0 saturated carbocycles. The van der Waals surface area contributed by atoms with Crippen LogP contribution >= 0.6 is 0 Å². The Morgan fingerprint density at radius 1 is 1.05 bits per heavy atom. The highest BCUT2D eigenvalue weighted by Crippen LogP contribution is 2.27. The maximum absolute atomic E-state index is 12.5. The first-order chi connectivity index (χ1) is 8.67. The highest BCUT2D eigenvalue weighted by atomic mass is 16.2. The highest BCUT2D eigenvalue weighted by Gasteiger charge is 2.37. The lowest BCUT2D eigenvalue weighted by atomic mass is 9.76. The summed E-state index contributed by atoms with van der Waals surface area (Å²) in [5.74, 6) is -0.273. The molecule has 0 amide bonds. The Hall–Kier alpha value is -1.64. The van der Waals surface area contributed by atoms with Gasteiger partial charge >= 0.3 is 0 Å². The second kappa shape index (κ2) is 5.55. The molecule has 19 heavy (non-hydrogen) atoms. The minimum Gasteiger partial charge on any atom is -0.378 e. The fourth-order valence-electron chi connectivity index (χ4n) is 2.11. The molecular weight excluding hydrogens is 238 g/mol. The molecule has 0 aromatic heterocycles. The molecular formula is C16H23NO2. The fraction of sp³-hybridized carbons (Fsp3) is 0.500. The second-order valence-electron chi connectivity index (χ2n) is 5.91. The summed E-state index contributed by atoms with van der Waals surface area (Å²) in [6.07, 6.45) is 0. The SMILES string of the molecule is CC(C)C(=O)C(C)(C)C(=O)c1ccc(N(C)C)cc1. The number of Topliss-reactive ketones (excluding diaryl/α,β-unsaturated/α-hetero) is 2. The van der Waals surface area contributed by atoms with E-state index < -0.39 is 5.41 Å². The van der Waals surface area contributed by atoms with Gasteiger partial charge in [-0.1, -0.05) is 13.8 Å². The van der Waals surface area contributed by atoms with Crippen molar-refractivity contribution >= 4 is 17.3 Å². The van der Waals surface area contributed by atoms with Gasteiger partial charge in [-0.2, -0.15) is 0 Å². The van der Waals surface area contributed by atoms with Crippen molar-refractivity contribution in [3.8, 4) is 0 Å². The Labute approximate surface area is 115 Å². The molecule has 0 spiro atoms. The lowest BCUT2D eigenvalue weighted by molar-refractivity contribution is -0.127. The normalized spacial score (nSPS) is 11.5. The Kier molecular flexibility index (Phi) is 4.51. The second-order valence-corrected chi connectivity index (χ2v) is 5.91. The minimum atomic E-state index is -0.964. The Balaban J connectivity index is 3.03. The predicted molar refractivity (Wildman–Crippen MR) is 78.7 cm³/mol. The quantitative estimate of drug-likeness (QED) is 0.603. The topological polar surface area (TPSA) is 37.4 Å². The van der Waals surface area contributed by atoms with Gasteiger partial charge in [0.1, 0.15) is 5.78 Å². The van der Waals surface area contributed by atoms with Crippen molar-refractivity contribution in [2.45, 2.75) is 27.7 Å². The maximum atomic E-state index is 12.5. The lowest BCUT2D eigenvalue weighted by Crippen LogP contribution is -2.36. The van der Waals surface area contributed by atoms with E-state index >= 15 is 0 Å². The average Bonchev–Trinajstić information content (AvgIpc) is 2.36. The number of ketones is 2. The van der Waals surface area contributed by atoms with E-state index in [0.29, 0.717) is 5.56 Å². The number of carbonyl (C=O) groups is 2. The monoisotopic (exact) mass is 261 g/mol. The number of anilines is 1. The largest absolute Gasteiger partial charge is 0.378 e. The summed E-state index contributed by atoms with van der Waals surface area (Å²) in [6, 6.07) is 7.35. The van der Waals surface area contributed by atoms with Gasteiger partial charge in [0.05, 0.1) is 5.41 Å². The van der Waals surface area contributed by atoms with Crippen molar-refractivity contribution in [1.82, 2.24) is 0 Å². The zero-order chi connectivity index (χ0) is 14.8. The standard InChI is InChI=1S/C16H23NO2/c1-11(2)14(18)16(3,4)15(19)12-7-9-13(10-8-12)17(5)6/h7-11H,1-6H3. The van der Waals surface area contributed by atoms with Crippen LogP contribution in [0.4, 0.5) is 5.69 Å². The van der Waals surface area contributed by atoms with Crippen molar-refractivity contribution in [3.63, 3.8) is 0 Å². The molecule has 0 aliphatic rings. The van der Waals surface area contributed by atoms with Crippen LogP contribution < -0.4 is 4.90 Å². The molecule has 0 atom stereocenters. The van der Waals surface area contributed by atoms with Crippen LogP contribution in [-0.2, 0) is 4.79 Å². The van der Waals surface area contributed by atoms with Crippen molar-refractivity contribution in [1.29, 1.82) is 0 Å². The third-order valence-electron chi connectivity index (χ3n) is 3.35. The molecule has 104 valence electrons. The molecule has 0 unspecified atom stereocenters. The van der Waals surface area contributed by atoms with E-state index in [1.807, 2.05) is 45.0 Å². The van der Waals surface area contributed by atoms with E-state index in [0.717, 1.165) is 5.69 Å². The summed E-state index contributed by atoms with van der Waals surface area (Å²) in [5.41, 5.74) is 0.655. The van der Waals surface area contributed by atoms with Gasteiger partial charge in [-0.3, -0.25) is 9.59 Å². The van der Waals surface area contributed by atoms with E-state index in [-0.39, 0.29) is 17.5 Å². The van der Waals surface area contributed by atoms with Gasteiger partial charge in [0, 0.05) is 31.3 Å². The van der Waals surface area contributed by atoms with Gasteiger partial charge in [-0.25, -0.2) is 0 Å². The summed E-state index contributed by atoms with van der Waals surface area (Å²) >= 11 is 0. The Morgan fingerprint density at radius 3 is 1.89 bits per heavy atom. The Bertz CT molecular complexity index is 470. The van der Waals surface area contributed by atoms with Crippen molar-refractivity contribution < 1.29 is 9.59 Å². The number of hydrogen-bond donors (Lipinski definition) is 0. The highest BCUT2D eigenvalue weighted by molar-refractivity contribution is 6.14. The molecule has 0 saturated heterocycles. The number of nitrogens with zero attached hydrogens (tertiary/aromatic N) is 1. The number of hydrogen-bond acceptors (Lipinski definition) is 3. The van der Waals surface area contributed by atoms with Gasteiger partial charge in [0.15, 0.2) is 5.78 Å². The first kappa shape index (κ1) is 15.4. The van der Waals surface area contributed by atoms with E-state index in [1.165, 1.54) is 0 Å². The van der Waals surface area contributed by atoms with Crippen LogP contribution in [0.25, 0.3) is 0 Å². The molecule has 1 rings (SSSR count). The third-order valence-corrected chi connectivity index (χ3v) is 3.35. The molecule has 0 fully saturated rings. The van der Waals surface area contributed by atoms with Crippen LogP contribution in [0.5, 0.6) is 0 Å². The summed E-state index contributed by atoms with van der Waals surface area (Å²) in [5, 5.41) is 0. The van der Waals surface area contributed by atoms with Crippen LogP contribution in [-0.4, -0.2) is 25.7 Å². The van der Waals surface area contributed by atoms with E-state index in [2.05, 4.69) is 0 Å². The molecule has 0 aliphatic carbocycles. The van der Waals surface area contributed by atoms with Crippen molar-refractivity contribution in [3.05, 3.63) is 29.8 Å². The van der Waals surface area contributed by atoms with Gasteiger partial charge in [0.25, 0.3) is 0 Å². The van der Waals surface area contributed by atoms with Crippen LogP contribution in [0.1, 0.15) is 38.1 Å². The van der Waals surface area contributed by atoms with Gasteiger partial charge < -0.3 is 4.90 Å². The van der Waals surface area contributed by atoms with Gasteiger partial charge in [-0.05, 0) is 38.1 Å².